The first-order chi connectivity index (χ1) is 12.0. The molecule has 0 bridgehead atoms. The Morgan fingerprint density at radius 1 is 1.04 bits per heavy atom. The van der Waals surface area contributed by atoms with E-state index >= 15 is 0 Å². The number of para-hydroxylation sites is 1. The Morgan fingerprint density at radius 2 is 1.76 bits per heavy atom. The Morgan fingerprint density at radius 3 is 2.48 bits per heavy atom. The van der Waals surface area contributed by atoms with E-state index in [1.54, 1.807) is 6.07 Å². The number of benzene rings is 2. The topological polar surface area (TPSA) is 82.4 Å². The van der Waals surface area contributed by atoms with Crippen LogP contribution in [-0.4, -0.2) is 59.8 Å². The number of fused-ring (bicyclic) bond motifs is 3. The molecule has 2 amide bonds. The molecule has 1 aliphatic heterocycles. The van der Waals surface area contributed by atoms with E-state index < -0.39 is 5.91 Å². The number of hydrogen-bond acceptors (Lipinski definition) is 3. The van der Waals surface area contributed by atoms with Gasteiger partial charge in [-0.2, -0.15) is 0 Å². The molecule has 6 nitrogen and oxygen atoms in total. The summed E-state index contributed by atoms with van der Waals surface area (Å²) in [5.41, 5.74) is 8.04. The molecule has 1 aromatic heterocycles. The highest BCUT2D eigenvalue weighted by Gasteiger charge is 2.23. The number of likely N-dealkylation sites (N-methyl/N-ethyl adjacent to an activating group) is 1. The zero-order chi connectivity index (χ0) is 17.6. The minimum absolute atomic E-state index is 0.0530. The van der Waals surface area contributed by atoms with E-state index in [-0.39, 0.29) is 5.91 Å². The summed E-state index contributed by atoms with van der Waals surface area (Å²) < 4.78 is 0. The number of nitrogens with zero attached hydrogens (tertiary/aromatic N) is 2. The minimum atomic E-state index is -0.537. The molecule has 3 aromatic rings. The van der Waals surface area contributed by atoms with Crippen LogP contribution in [0.1, 0.15) is 20.7 Å². The molecule has 6 heteroatoms. The highest BCUT2D eigenvalue weighted by molar-refractivity contribution is 6.17. The molecule has 0 spiro atoms. The standard InChI is InChI=1S/C19H20N4O2/c1-22-6-8-23(9-7-22)19(25)12-10-14-13-4-2-3-5-16(13)21-17(14)15(11-12)18(20)24/h2-5,10-11,21H,6-9H2,1H3,(H2,20,24). The van der Waals surface area contributed by atoms with Gasteiger partial charge in [-0.15, -0.1) is 0 Å². The molecule has 2 heterocycles. The van der Waals surface area contributed by atoms with Crippen LogP contribution in [0.2, 0.25) is 0 Å². The largest absolute Gasteiger partial charge is 0.366 e. The molecule has 0 saturated carbocycles. The molecule has 0 atom stereocenters. The molecule has 0 unspecified atom stereocenters. The van der Waals surface area contributed by atoms with Crippen molar-refractivity contribution >= 4 is 33.6 Å². The number of nitrogens with two attached hydrogens (primary N) is 1. The van der Waals surface area contributed by atoms with Gasteiger partial charge in [0.05, 0.1) is 11.1 Å². The lowest BCUT2D eigenvalue weighted by Crippen LogP contribution is -2.47. The van der Waals surface area contributed by atoms with Crippen LogP contribution in [0.25, 0.3) is 21.8 Å². The number of carbonyl (C=O) groups excluding carboxylic acids is 2. The Kier molecular flexibility index (Phi) is 3.69. The molecule has 25 heavy (non-hydrogen) atoms. The van der Waals surface area contributed by atoms with Crippen LogP contribution in [0.3, 0.4) is 0 Å². The van der Waals surface area contributed by atoms with Gasteiger partial charge in [-0.05, 0) is 25.2 Å². The molecular weight excluding hydrogens is 316 g/mol. The predicted octanol–water partition coefficient (Wildman–Crippen LogP) is 1.81. The van der Waals surface area contributed by atoms with E-state index in [2.05, 4.69) is 9.88 Å². The lowest BCUT2D eigenvalue weighted by molar-refractivity contribution is 0.0664. The fourth-order valence-electron chi connectivity index (χ4n) is 3.46. The van der Waals surface area contributed by atoms with Gasteiger partial charge in [-0.1, -0.05) is 18.2 Å². The molecule has 2 aromatic carbocycles. The summed E-state index contributed by atoms with van der Waals surface area (Å²) in [6.45, 7) is 3.08. The SMILES string of the molecule is CN1CCN(C(=O)c2cc(C(N)=O)c3[nH]c4ccccc4c3c2)CC1. The van der Waals surface area contributed by atoms with Gasteiger partial charge in [0, 0.05) is 48.0 Å². The maximum absolute atomic E-state index is 12.9. The molecule has 3 N–H and O–H groups in total. The number of hydrogen-bond donors (Lipinski definition) is 2. The smallest absolute Gasteiger partial charge is 0.253 e. The monoisotopic (exact) mass is 336 g/mol. The second-order valence-corrected chi connectivity index (χ2v) is 6.58. The number of aromatic nitrogens is 1. The van der Waals surface area contributed by atoms with Gasteiger partial charge in [0.1, 0.15) is 0 Å². The fourth-order valence-corrected chi connectivity index (χ4v) is 3.46. The number of rotatable bonds is 2. The predicted molar refractivity (Wildman–Crippen MR) is 97.7 cm³/mol. The van der Waals surface area contributed by atoms with Crippen molar-refractivity contribution in [2.75, 3.05) is 33.2 Å². The number of carbonyl (C=O) groups is 2. The van der Waals surface area contributed by atoms with Gasteiger partial charge >= 0.3 is 0 Å². The van der Waals surface area contributed by atoms with Gasteiger partial charge < -0.3 is 20.5 Å². The van der Waals surface area contributed by atoms with E-state index in [1.165, 1.54) is 0 Å². The Hall–Kier alpha value is -2.86. The fraction of sp³-hybridized carbons (Fsp3) is 0.263. The number of nitrogens with one attached hydrogen (secondary N) is 1. The third-order valence-electron chi connectivity index (χ3n) is 4.92. The zero-order valence-corrected chi connectivity index (χ0v) is 14.1. The molecule has 1 aliphatic rings. The maximum Gasteiger partial charge on any atom is 0.253 e. The molecule has 128 valence electrons. The molecule has 1 saturated heterocycles. The van der Waals surface area contributed by atoms with Crippen LogP contribution >= 0.6 is 0 Å². The lowest BCUT2D eigenvalue weighted by Gasteiger charge is -2.32. The van der Waals surface area contributed by atoms with Crippen LogP contribution in [-0.2, 0) is 0 Å². The average molecular weight is 336 g/mol. The highest BCUT2D eigenvalue weighted by atomic mass is 16.2. The number of amides is 2. The van der Waals surface area contributed by atoms with E-state index in [4.69, 9.17) is 5.73 Å². The van der Waals surface area contributed by atoms with Crippen molar-refractivity contribution in [1.29, 1.82) is 0 Å². The first-order valence-corrected chi connectivity index (χ1v) is 8.36. The summed E-state index contributed by atoms with van der Waals surface area (Å²) >= 11 is 0. The van der Waals surface area contributed by atoms with E-state index in [0.29, 0.717) is 29.7 Å². The normalized spacial score (nSPS) is 15.8. The summed E-state index contributed by atoms with van der Waals surface area (Å²) in [7, 11) is 2.05. The summed E-state index contributed by atoms with van der Waals surface area (Å²) in [4.78, 5) is 32.2. The van der Waals surface area contributed by atoms with Gasteiger partial charge in [0.2, 0.25) is 0 Å². The first-order valence-electron chi connectivity index (χ1n) is 8.36. The zero-order valence-electron chi connectivity index (χ0n) is 14.1. The third kappa shape index (κ3) is 2.64. The van der Waals surface area contributed by atoms with Crippen molar-refractivity contribution in [2.45, 2.75) is 0 Å². The van der Waals surface area contributed by atoms with E-state index in [1.807, 2.05) is 42.3 Å². The van der Waals surface area contributed by atoms with E-state index in [9.17, 15) is 9.59 Å². The van der Waals surface area contributed by atoms with Crippen molar-refractivity contribution in [3.8, 4) is 0 Å². The quantitative estimate of drug-likeness (QED) is 0.749. The van der Waals surface area contributed by atoms with Crippen molar-refractivity contribution in [1.82, 2.24) is 14.8 Å². The van der Waals surface area contributed by atoms with Crippen LogP contribution in [0.5, 0.6) is 0 Å². The van der Waals surface area contributed by atoms with Crippen molar-refractivity contribution in [3.63, 3.8) is 0 Å². The second kappa shape index (κ2) is 5.89. The Balaban J connectivity index is 1.85. The van der Waals surface area contributed by atoms with Gasteiger partial charge in [-0.3, -0.25) is 9.59 Å². The maximum atomic E-state index is 12.9. The lowest BCUT2D eigenvalue weighted by atomic mass is 10.0. The average Bonchev–Trinajstić information content (AvgIpc) is 2.99. The molecule has 0 radical (unpaired) electrons. The summed E-state index contributed by atoms with van der Waals surface area (Å²) in [6, 6.07) is 11.3. The van der Waals surface area contributed by atoms with Gasteiger partial charge in [-0.25, -0.2) is 0 Å². The molecule has 1 fully saturated rings. The number of aromatic amines is 1. The highest BCUT2D eigenvalue weighted by Crippen LogP contribution is 2.29. The Bertz CT molecular complexity index is 984. The van der Waals surface area contributed by atoms with Crippen LogP contribution in [0, 0.1) is 0 Å². The molecular formula is C19H20N4O2. The van der Waals surface area contributed by atoms with Crippen LogP contribution in [0.4, 0.5) is 0 Å². The molecule has 4 rings (SSSR count). The third-order valence-corrected chi connectivity index (χ3v) is 4.92. The first kappa shape index (κ1) is 15.7. The number of primary amides is 1. The van der Waals surface area contributed by atoms with Gasteiger partial charge in [0.15, 0.2) is 0 Å². The second-order valence-electron chi connectivity index (χ2n) is 6.58. The Labute approximate surface area is 145 Å². The van der Waals surface area contributed by atoms with Crippen molar-refractivity contribution in [2.24, 2.45) is 5.73 Å². The van der Waals surface area contributed by atoms with E-state index in [0.717, 1.165) is 29.4 Å². The number of H-pyrrole nitrogens is 1. The molecule has 0 aliphatic carbocycles. The van der Waals surface area contributed by atoms with Crippen molar-refractivity contribution in [3.05, 3.63) is 47.5 Å². The van der Waals surface area contributed by atoms with Crippen LogP contribution in [0.15, 0.2) is 36.4 Å². The summed E-state index contributed by atoms with van der Waals surface area (Å²) in [5, 5.41) is 1.83. The summed E-state index contributed by atoms with van der Waals surface area (Å²) in [6.07, 6.45) is 0. The van der Waals surface area contributed by atoms with Gasteiger partial charge in [0.25, 0.3) is 11.8 Å². The number of piperazine rings is 1. The van der Waals surface area contributed by atoms with Crippen molar-refractivity contribution < 1.29 is 9.59 Å². The minimum Gasteiger partial charge on any atom is -0.366 e. The van der Waals surface area contributed by atoms with Crippen LogP contribution < -0.4 is 5.73 Å². The summed E-state index contributed by atoms with van der Waals surface area (Å²) in [5.74, 6) is -0.590.